The summed E-state index contributed by atoms with van der Waals surface area (Å²) < 4.78 is 5.70. The minimum Gasteiger partial charge on any atom is -0.464 e. The lowest BCUT2D eigenvalue weighted by atomic mass is 9.81. The van der Waals surface area contributed by atoms with Crippen LogP contribution in [0.5, 0.6) is 0 Å². The normalized spacial score (nSPS) is 18.6. The predicted molar refractivity (Wildman–Crippen MR) is 102 cm³/mol. The van der Waals surface area contributed by atoms with Crippen LogP contribution >= 0.6 is 12.4 Å². The predicted octanol–water partition coefficient (Wildman–Crippen LogP) is 3.39. The van der Waals surface area contributed by atoms with Gasteiger partial charge in [0.05, 0.1) is 12.7 Å². The summed E-state index contributed by atoms with van der Waals surface area (Å²) in [5.74, 6) is 0.0953. The van der Waals surface area contributed by atoms with Crippen LogP contribution in [0.25, 0.3) is 11.0 Å². The Labute approximate surface area is 155 Å². The summed E-state index contributed by atoms with van der Waals surface area (Å²) in [5, 5.41) is 7.63. The largest absolute Gasteiger partial charge is 0.464 e. The zero-order valence-electron chi connectivity index (χ0n) is 14.8. The van der Waals surface area contributed by atoms with Gasteiger partial charge in [-0.05, 0) is 73.9 Å². The number of nitrogens with one attached hydrogen (secondary N) is 2. The third-order valence-electron chi connectivity index (χ3n) is 5.74. The molecule has 25 heavy (non-hydrogen) atoms. The van der Waals surface area contributed by atoms with E-state index in [1.54, 1.807) is 6.26 Å². The summed E-state index contributed by atoms with van der Waals surface area (Å²) in [6, 6.07) is 4.40. The Balaban J connectivity index is 0.00000182. The summed E-state index contributed by atoms with van der Waals surface area (Å²) in [7, 11) is 0. The lowest BCUT2D eigenvalue weighted by molar-refractivity contribution is -0.121. The fraction of sp³-hybridized carbons (Fsp3) is 0.550. The molecule has 0 radical (unpaired) electrons. The highest BCUT2D eigenvalue weighted by molar-refractivity contribution is 5.88. The van der Waals surface area contributed by atoms with Gasteiger partial charge in [0.15, 0.2) is 0 Å². The number of aryl methyl sites for hydroxylation is 2. The molecule has 5 heteroatoms. The van der Waals surface area contributed by atoms with Crippen LogP contribution in [0.15, 0.2) is 22.8 Å². The first-order valence-electron chi connectivity index (χ1n) is 9.12. The fourth-order valence-electron chi connectivity index (χ4n) is 4.04. The Hall–Kier alpha value is -1.52. The van der Waals surface area contributed by atoms with Crippen molar-refractivity contribution in [2.45, 2.75) is 45.4 Å². The topological polar surface area (TPSA) is 54.3 Å². The molecule has 1 aromatic heterocycles. The number of amides is 1. The summed E-state index contributed by atoms with van der Waals surface area (Å²) in [6.07, 6.45) is 7.92. The van der Waals surface area contributed by atoms with Crippen LogP contribution in [-0.4, -0.2) is 25.5 Å². The van der Waals surface area contributed by atoms with Crippen LogP contribution < -0.4 is 10.6 Å². The molecule has 0 spiro atoms. The van der Waals surface area contributed by atoms with Gasteiger partial charge in [0, 0.05) is 17.5 Å². The quantitative estimate of drug-likeness (QED) is 0.876. The van der Waals surface area contributed by atoms with E-state index in [0.29, 0.717) is 6.42 Å². The van der Waals surface area contributed by atoms with Gasteiger partial charge in [-0.1, -0.05) is 6.92 Å². The van der Waals surface area contributed by atoms with E-state index in [0.717, 1.165) is 61.9 Å². The van der Waals surface area contributed by atoms with Crippen molar-refractivity contribution in [1.82, 2.24) is 10.6 Å². The molecule has 0 unspecified atom stereocenters. The van der Waals surface area contributed by atoms with E-state index in [2.05, 4.69) is 29.7 Å². The van der Waals surface area contributed by atoms with E-state index < -0.39 is 0 Å². The fourth-order valence-corrected chi connectivity index (χ4v) is 4.04. The number of halogens is 1. The molecule has 136 valence electrons. The van der Waals surface area contributed by atoms with Crippen LogP contribution in [0.1, 0.15) is 42.9 Å². The van der Waals surface area contributed by atoms with Gasteiger partial charge in [0.1, 0.15) is 5.58 Å². The second-order valence-corrected chi connectivity index (χ2v) is 7.75. The molecular formula is C20H27ClN2O2. The first-order valence-corrected chi connectivity index (χ1v) is 9.12. The Morgan fingerprint density at radius 2 is 1.96 bits per heavy atom. The van der Waals surface area contributed by atoms with Crippen LogP contribution in [-0.2, 0) is 24.1 Å². The average Bonchev–Trinajstić information content (AvgIpc) is 3.18. The minimum atomic E-state index is 0. The number of benzene rings is 1. The average molecular weight is 363 g/mol. The lowest BCUT2D eigenvalue weighted by Gasteiger charge is -2.34. The van der Waals surface area contributed by atoms with Crippen LogP contribution in [0.4, 0.5) is 0 Å². The van der Waals surface area contributed by atoms with Gasteiger partial charge in [-0.15, -0.1) is 12.4 Å². The summed E-state index contributed by atoms with van der Waals surface area (Å²) in [5.41, 5.74) is 4.98. The van der Waals surface area contributed by atoms with Gasteiger partial charge in [-0.25, -0.2) is 0 Å². The van der Waals surface area contributed by atoms with E-state index in [1.165, 1.54) is 17.5 Å². The summed E-state index contributed by atoms with van der Waals surface area (Å²) >= 11 is 0. The molecule has 4 rings (SSSR count). The molecule has 1 aromatic carbocycles. The first kappa shape index (κ1) is 18.3. The minimum absolute atomic E-state index is 0. The maximum Gasteiger partial charge on any atom is 0.224 e. The molecule has 1 fully saturated rings. The second-order valence-electron chi connectivity index (χ2n) is 7.75. The molecule has 2 heterocycles. The van der Waals surface area contributed by atoms with Crippen molar-refractivity contribution in [1.29, 1.82) is 0 Å². The Morgan fingerprint density at radius 1 is 1.24 bits per heavy atom. The molecule has 4 nitrogen and oxygen atoms in total. The Bertz CT molecular complexity index is 762. The lowest BCUT2D eigenvalue weighted by Crippen LogP contribution is -2.43. The maximum absolute atomic E-state index is 12.4. The maximum atomic E-state index is 12.4. The molecule has 0 bridgehead atoms. The van der Waals surface area contributed by atoms with Gasteiger partial charge in [0.25, 0.3) is 0 Å². The van der Waals surface area contributed by atoms with Gasteiger partial charge >= 0.3 is 0 Å². The summed E-state index contributed by atoms with van der Waals surface area (Å²) in [6.45, 7) is 5.12. The number of hydrogen-bond acceptors (Lipinski definition) is 3. The van der Waals surface area contributed by atoms with Crippen molar-refractivity contribution in [3.05, 3.63) is 35.1 Å². The molecule has 1 amide bonds. The molecule has 0 atom stereocenters. The van der Waals surface area contributed by atoms with Crippen molar-refractivity contribution in [3.63, 3.8) is 0 Å². The molecule has 1 aliphatic heterocycles. The number of fused-ring (bicyclic) bond motifs is 2. The highest BCUT2D eigenvalue weighted by atomic mass is 35.5. The van der Waals surface area contributed by atoms with Crippen molar-refractivity contribution in [2.75, 3.05) is 19.6 Å². The van der Waals surface area contributed by atoms with Crippen LogP contribution in [0.2, 0.25) is 0 Å². The third kappa shape index (κ3) is 3.85. The zero-order chi connectivity index (χ0) is 16.6. The molecule has 1 saturated heterocycles. The zero-order valence-corrected chi connectivity index (χ0v) is 15.6. The SMILES string of the molecule is CC1(CNC(=O)Cc2coc3cc4c(cc23)CCC4)CCNCC1.Cl. The molecule has 2 N–H and O–H groups in total. The highest BCUT2D eigenvalue weighted by Gasteiger charge is 2.27. The van der Waals surface area contributed by atoms with Gasteiger partial charge in [-0.2, -0.15) is 0 Å². The van der Waals surface area contributed by atoms with Gasteiger partial charge < -0.3 is 15.1 Å². The smallest absolute Gasteiger partial charge is 0.224 e. The first-order chi connectivity index (χ1) is 11.6. The Morgan fingerprint density at radius 3 is 2.72 bits per heavy atom. The highest BCUT2D eigenvalue weighted by Crippen LogP contribution is 2.31. The molecule has 2 aromatic rings. The molecule has 2 aliphatic rings. The standard InChI is InChI=1S/C20H26N2O2.ClH/c1-20(5-7-21-8-6-20)13-22-19(23)11-16-12-24-18-10-15-4-2-3-14(15)9-17(16)18;/h9-10,12,21H,2-8,11,13H2,1H3,(H,22,23);1H. The van der Waals surface area contributed by atoms with Crippen molar-refractivity contribution >= 4 is 29.3 Å². The molecule has 1 aliphatic carbocycles. The monoisotopic (exact) mass is 362 g/mol. The number of rotatable bonds is 4. The van der Waals surface area contributed by atoms with E-state index >= 15 is 0 Å². The van der Waals surface area contributed by atoms with Crippen molar-refractivity contribution in [2.24, 2.45) is 5.41 Å². The van der Waals surface area contributed by atoms with E-state index in [1.807, 2.05) is 0 Å². The Kier molecular flexibility index (Phi) is 5.40. The van der Waals surface area contributed by atoms with Crippen molar-refractivity contribution < 1.29 is 9.21 Å². The second kappa shape index (κ2) is 7.38. The number of carbonyl (C=O) groups is 1. The van der Waals surface area contributed by atoms with E-state index in [-0.39, 0.29) is 23.7 Å². The molecule has 0 saturated carbocycles. The molecular weight excluding hydrogens is 336 g/mol. The third-order valence-corrected chi connectivity index (χ3v) is 5.74. The van der Waals surface area contributed by atoms with Crippen LogP contribution in [0, 0.1) is 5.41 Å². The number of hydrogen-bond donors (Lipinski definition) is 2. The van der Waals surface area contributed by atoms with E-state index in [4.69, 9.17) is 4.42 Å². The van der Waals surface area contributed by atoms with Crippen molar-refractivity contribution in [3.8, 4) is 0 Å². The number of piperidine rings is 1. The summed E-state index contributed by atoms with van der Waals surface area (Å²) in [4.78, 5) is 12.4. The van der Waals surface area contributed by atoms with Gasteiger partial charge in [0.2, 0.25) is 5.91 Å². The van der Waals surface area contributed by atoms with Gasteiger partial charge in [-0.3, -0.25) is 4.79 Å². The van der Waals surface area contributed by atoms with E-state index in [9.17, 15) is 4.79 Å². The van der Waals surface area contributed by atoms with Crippen LogP contribution in [0.3, 0.4) is 0 Å². The number of carbonyl (C=O) groups excluding carboxylic acids is 1. The number of furan rings is 1.